The molecule has 0 heterocycles. The number of likely N-dealkylation sites (N-methyl/N-ethyl adjacent to an activating group) is 1. The Hall–Kier alpha value is -0.970. The zero-order chi connectivity index (χ0) is 12.7. The number of ether oxygens (including phenoxy) is 1. The summed E-state index contributed by atoms with van der Waals surface area (Å²) in [4.78, 5) is 2.11. The molecule has 1 rings (SSSR count). The van der Waals surface area contributed by atoms with Crippen LogP contribution in [0.3, 0.4) is 0 Å². The third kappa shape index (κ3) is 5.26. The van der Waals surface area contributed by atoms with Crippen molar-refractivity contribution in [3.8, 4) is 0 Å². The smallest absolute Gasteiger partial charge is 0.123 e. The van der Waals surface area contributed by atoms with E-state index in [0.29, 0.717) is 6.61 Å². The number of nitrogens with zero attached hydrogens (tertiary/aromatic N) is 1. The van der Waals surface area contributed by atoms with Gasteiger partial charge in [0.2, 0.25) is 0 Å². The monoisotopic (exact) mass is 240 g/mol. The molecule has 0 radical (unpaired) electrons. The first kappa shape index (κ1) is 14.1. The number of nitrogens with two attached hydrogens (primary N) is 1. The van der Waals surface area contributed by atoms with Crippen molar-refractivity contribution in [3.63, 3.8) is 0 Å². The Morgan fingerprint density at radius 1 is 1.35 bits per heavy atom. The van der Waals surface area contributed by atoms with Crippen LogP contribution in [0.5, 0.6) is 0 Å². The molecule has 0 saturated heterocycles. The van der Waals surface area contributed by atoms with Gasteiger partial charge in [0.25, 0.3) is 0 Å². The highest BCUT2D eigenvalue weighted by Gasteiger charge is 2.09. The van der Waals surface area contributed by atoms with Crippen LogP contribution in [0.25, 0.3) is 0 Å². The Morgan fingerprint density at radius 3 is 2.59 bits per heavy atom. The SMILES string of the molecule is CCOCCN(C)CC(N)c1ccc(F)cc1. The van der Waals surface area contributed by atoms with E-state index in [0.717, 1.165) is 25.3 Å². The third-order valence-electron chi connectivity index (χ3n) is 2.63. The summed E-state index contributed by atoms with van der Waals surface area (Å²) in [6, 6.07) is 6.25. The molecular formula is C13H21FN2O. The molecule has 0 fully saturated rings. The minimum Gasteiger partial charge on any atom is -0.380 e. The van der Waals surface area contributed by atoms with Gasteiger partial charge in [0.15, 0.2) is 0 Å². The number of benzene rings is 1. The second-order valence-corrected chi connectivity index (χ2v) is 4.12. The zero-order valence-corrected chi connectivity index (χ0v) is 10.5. The summed E-state index contributed by atoms with van der Waals surface area (Å²) in [5.74, 6) is -0.231. The molecule has 1 aromatic carbocycles. The van der Waals surface area contributed by atoms with Crippen LogP contribution < -0.4 is 5.73 Å². The minimum atomic E-state index is -0.231. The van der Waals surface area contributed by atoms with Gasteiger partial charge < -0.3 is 15.4 Å². The normalized spacial score (nSPS) is 13.0. The molecule has 0 aliphatic heterocycles. The molecule has 0 amide bonds. The Labute approximate surface area is 102 Å². The summed E-state index contributed by atoms with van der Waals surface area (Å²) in [6.45, 7) is 5.01. The van der Waals surface area contributed by atoms with Gasteiger partial charge in [-0.05, 0) is 31.7 Å². The first-order valence-electron chi connectivity index (χ1n) is 5.90. The summed E-state index contributed by atoms with van der Waals surface area (Å²) in [6.07, 6.45) is 0. The Bertz CT molecular complexity index is 316. The van der Waals surface area contributed by atoms with Gasteiger partial charge in [0.1, 0.15) is 5.82 Å². The predicted molar refractivity (Wildman–Crippen MR) is 67.3 cm³/mol. The van der Waals surface area contributed by atoms with Gasteiger partial charge >= 0.3 is 0 Å². The maximum atomic E-state index is 12.8. The fraction of sp³-hybridized carbons (Fsp3) is 0.538. The molecule has 1 atom stereocenters. The lowest BCUT2D eigenvalue weighted by Crippen LogP contribution is -2.31. The van der Waals surface area contributed by atoms with Gasteiger partial charge in [-0.1, -0.05) is 12.1 Å². The van der Waals surface area contributed by atoms with Crippen molar-refractivity contribution in [1.29, 1.82) is 0 Å². The molecule has 1 unspecified atom stereocenters. The van der Waals surface area contributed by atoms with E-state index in [1.165, 1.54) is 12.1 Å². The molecule has 3 nitrogen and oxygen atoms in total. The maximum Gasteiger partial charge on any atom is 0.123 e. The van der Waals surface area contributed by atoms with Crippen LogP contribution >= 0.6 is 0 Å². The van der Waals surface area contributed by atoms with E-state index in [1.54, 1.807) is 12.1 Å². The molecular weight excluding hydrogens is 219 g/mol. The van der Waals surface area contributed by atoms with Crippen molar-refractivity contribution >= 4 is 0 Å². The highest BCUT2D eigenvalue weighted by atomic mass is 19.1. The lowest BCUT2D eigenvalue weighted by Gasteiger charge is -2.21. The van der Waals surface area contributed by atoms with Crippen LogP contribution in [-0.4, -0.2) is 38.3 Å². The minimum absolute atomic E-state index is 0.0952. The molecule has 0 bridgehead atoms. The Kier molecular flexibility index (Phi) is 6.11. The van der Waals surface area contributed by atoms with Crippen LogP contribution in [0, 0.1) is 5.82 Å². The predicted octanol–water partition coefficient (Wildman–Crippen LogP) is 1.79. The molecule has 0 aliphatic rings. The molecule has 2 N–H and O–H groups in total. The molecule has 4 heteroatoms. The molecule has 0 aromatic heterocycles. The standard InChI is InChI=1S/C13H21FN2O/c1-3-17-9-8-16(2)10-13(15)11-4-6-12(14)7-5-11/h4-7,13H,3,8-10,15H2,1-2H3. The summed E-state index contributed by atoms with van der Waals surface area (Å²) in [5, 5.41) is 0. The summed E-state index contributed by atoms with van der Waals surface area (Å²) < 4.78 is 18.0. The summed E-state index contributed by atoms with van der Waals surface area (Å²) in [7, 11) is 2.00. The van der Waals surface area contributed by atoms with Gasteiger partial charge in [0.05, 0.1) is 6.61 Å². The summed E-state index contributed by atoms with van der Waals surface area (Å²) in [5.41, 5.74) is 7.00. The van der Waals surface area contributed by atoms with Gasteiger partial charge in [-0.15, -0.1) is 0 Å². The highest BCUT2D eigenvalue weighted by Crippen LogP contribution is 2.11. The Morgan fingerprint density at radius 2 is 2.00 bits per heavy atom. The maximum absolute atomic E-state index is 12.8. The van der Waals surface area contributed by atoms with Crippen molar-refractivity contribution in [2.24, 2.45) is 5.73 Å². The van der Waals surface area contributed by atoms with Crippen molar-refractivity contribution in [2.75, 3.05) is 33.4 Å². The number of rotatable bonds is 7. The van der Waals surface area contributed by atoms with Gasteiger partial charge in [-0.2, -0.15) is 0 Å². The van der Waals surface area contributed by atoms with Gasteiger partial charge in [-0.3, -0.25) is 0 Å². The average Bonchev–Trinajstić information content (AvgIpc) is 2.30. The largest absolute Gasteiger partial charge is 0.380 e. The van der Waals surface area contributed by atoms with E-state index >= 15 is 0 Å². The molecule has 17 heavy (non-hydrogen) atoms. The van der Waals surface area contributed by atoms with Crippen LogP contribution in [0.2, 0.25) is 0 Å². The fourth-order valence-corrected chi connectivity index (χ4v) is 1.61. The van der Waals surface area contributed by atoms with E-state index < -0.39 is 0 Å². The van der Waals surface area contributed by atoms with Crippen LogP contribution in [0.15, 0.2) is 24.3 Å². The molecule has 96 valence electrons. The molecule has 0 spiro atoms. The Balaban J connectivity index is 2.37. The molecule has 0 aliphatic carbocycles. The third-order valence-corrected chi connectivity index (χ3v) is 2.63. The first-order valence-corrected chi connectivity index (χ1v) is 5.90. The van der Waals surface area contributed by atoms with E-state index in [9.17, 15) is 4.39 Å². The van der Waals surface area contributed by atoms with Crippen molar-refractivity contribution in [3.05, 3.63) is 35.6 Å². The van der Waals surface area contributed by atoms with Gasteiger partial charge in [-0.25, -0.2) is 4.39 Å². The quantitative estimate of drug-likeness (QED) is 0.738. The van der Waals surface area contributed by atoms with E-state index in [-0.39, 0.29) is 11.9 Å². The lowest BCUT2D eigenvalue weighted by molar-refractivity contribution is 0.120. The number of hydrogen-bond acceptors (Lipinski definition) is 3. The van der Waals surface area contributed by atoms with Crippen LogP contribution in [-0.2, 0) is 4.74 Å². The highest BCUT2D eigenvalue weighted by molar-refractivity contribution is 5.19. The topological polar surface area (TPSA) is 38.5 Å². The van der Waals surface area contributed by atoms with Crippen molar-refractivity contribution in [1.82, 2.24) is 4.90 Å². The van der Waals surface area contributed by atoms with Crippen molar-refractivity contribution < 1.29 is 9.13 Å². The average molecular weight is 240 g/mol. The van der Waals surface area contributed by atoms with Crippen LogP contribution in [0.1, 0.15) is 18.5 Å². The first-order chi connectivity index (χ1) is 8.13. The second-order valence-electron chi connectivity index (χ2n) is 4.12. The van der Waals surface area contributed by atoms with Crippen molar-refractivity contribution in [2.45, 2.75) is 13.0 Å². The lowest BCUT2D eigenvalue weighted by atomic mass is 10.1. The van der Waals surface area contributed by atoms with E-state index in [2.05, 4.69) is 4.90 Å². The van der Waals surface area contributed by atoms with E-state index in [1.807, 2.05) is 14.0 Å². The number of halogens is 1. The second kappa shape index (κ2) is 7.37. The van der Waals surface area contributed by atoms with Crippen LogP contribution in [0.4, 0.5) is 4.39 Å². The fourth-order valence-electron chi connectivity index (χ4n) is 1.61. The molecule has 1 aromatic rings. The van der Waals surface area contributed by atoms with Gasteiger partial charge in [0, 0.05) is 25.7 Å². The molecule has 0 saturated carbocycles. The zero-order valence-electron chi connectivity index (χ0n) is 10.5. The van der Waals surface area contributed by atoms with E-state index in [4.69, 9.17) is 10.5 Å². The summed E-state index contributed by atoms with van der Waals surface area (Å²) >= 11 is 0. The number of hydrogen-bond donors (Lipinski definition) is 1.